The van der Waals surface area contributed by atoms with Crippen LogP contribution >= 0.6 is 0 Å². The first-order valence-corrected chi connectivity index (χ1v) is 6.85. The minimum absolute atomic E-state index is 0.223. The number of alkyl halides is 1. The maximum absolute atomic E-state index is 2.39. The topological polar surface area (TPSA) is 0 Å². The summed E-state index contributed by atoms with van der Waals surface area (Å²) in [6.07, 6.45) is 9.13. The standard InChI is InChI=1S/C12H10I/c1-3-7-11-9(5-1)10-6-2-4-8-12(10)13-11/h1-9,11H/q-1. The van der Waals surface area contributed by atoms with Crippen LogP contribution in [0.2, 0.25) is 0 Å². The van der Waals surface area contributed by atoms with E-state index in [1.54, 1.807) is 9.13 Å². The number of hydrogen-bond donors (Lipinski definition) is 0. The summed E-state index contributed by atoms with van der Waals surface area (Å²) in [5, 5.41) is 0. The van der Waals surface area contributed by atoms with Crippen molar-refractivity contribution in [3.05, 3.63) is 57.7 Å². The second-order valence-electron chi connectivity index (χ2n) is 3.37. The number of allylic oxidation sites excluding steroid dienone is 4. The van der Waals surface area contributed by atoms with Gasteiger partial charge in [0.15, 0.2) is 0 Å². The average molecular weight is 281 g/mol. The molecule has 0 radical (unpaired) electrons. The monoisotopic (exact) mass is 281 g/mol. The van der Waals surface area contributed by atoms with Crippen molar-refractivity contribution in [2.75, 3.05) is 0 Å². The van der Waals surface area contributed by atoms with Gasteiger partial charge in [-0.3, -0.25) is 0 Å². The summed E-state index contributed by atoms with van der Waals surface area (Å²) < 4.78 is 2.48. The molecule has 0 amide bonds. The van der Waals surface area contributed by atoms with Crippen molar-refractivity contribution >= 4 is 0 Å². The molecule has 0 saturated heterocycles. The van der Waals surface area contributed by atoms with Crippen molar-refractivity contribution in [3.8, 4) is 0 Å². The predicted octanol–water partition coefficient (Wildman–Crippen LogP) is -0.463. The van der Waals surface area contributed by atoms with E-state index in [4.69, 9.17) is 0 Å². The van der Waals surface area contributed by atoms with Gasteiger partial charge in [-0.2, -0.15) is 0 Å². The Morgan fingerprint density at radius 3 is 2.85 bits per heavy atom. The molecule has 66 valence electrons. The Morgan fingerprint density at radius 2 is 1.85 bits per heavy atom. The normalized spacial score (nSPS) is 29.2. The molecule has 1 aliphatic heterocycles. The van der Waals surface area contributed by atoms with E-state index in [2.05, 4.69) is 48.6 Å². The van der Waals surface area contributed by atoms with E-state index >= 15 is 0 Å². The van der Waals surface area contributed by atoms with Gasteiger partial charge in [0.1, 0.15) is 0 Å². The van der Waals surface area contributed by atoms with Gasteiger partial charge in [0.2, 0.25) is 0 Å². The third-order valence-corrected chi connectivity index (χ3v) is 6.14. The molecule has 2 atom stereocenters. The summed E-state index contributed by atoms with van der Waals surface area (Å²) >= 11 is 0.223. The molecule has 3 rings (SSSR count). The number of hydrogen-bond acceptors (Lipinski definition) is 0. The number of halogens is 1. The molecule has 0 N–H and O–H groups in total. The first-order valence-electron chi connectivity index (χ1n) is 4.52. The van der Waals surface area contributed by atoms with E-state index < -0.39 is 0 Å². The van der Waals surface area contributed by atoms with Crippen LogP contribution in [0.1, 0.15) is 11.5 Å². The minimum atomic E-state index is 0.223. The van der Waals surface area contributed by atoms with Gasteiger partial charge in [-0.15, -0.1) is 0 Å². The zero-order chi connectivity index (χ0) is 8.67. The summed E-state index contributed by atoms with van der Waals surface area (Å²) in [6.45, 7) is 0. The Kier molecular flexibility index (Phi) is 1.79. The molecule has 2 aliphatic rings. The molecular weight excluding hydrogens is 271 g/mol. The molecule has 0 nitrogen and oxygen atoms in total. The van der Waals surface area contributed by atoms with Crippen LogP contribution in [-0.4, -0.2) is 3.92 Å². The van der Waals surface area contributed by atoms with Gasteiger partial charge >= 0.3 is 88.8 Å². The molecule has 13 heavy (non-hydrogen) atoms. The van der Waals surface area contributed by atoms with Crippen LogP contribution in [-0.2, 0) is 0 Å². The molecule has 1 aromatic rings. The fraction of sp³-hybridized carbons (Fsp3) is 0.167. The van der Waals surface area contributed by atoms with Crippen molar-refractivity contribution < 1.29 is 21.2 Å². The summed E-state index contributed by atoms with van der Waals surface area (Å²) in [5.74, 6) is 0.703. The zero-order valence-corrected chi connectivity index (χ0v) is 9.31. The predicted molar refractivity (Wildman–Crippen MR) is 49.9 cm³/mol. The average Bonchev–Trinajstić information content (AvgIpc) is 2.56. The Hall–Kier alpha value is -0.570. The molecule has 1 aliphatic carbocycles. The van der Waals surface area contributed by atoms with Crippen LogP contribution in [0, 0.1) is 3.57 Å². The second kappa shape index (κ2) is 2.98. The quantitative estimate of drug-likeness (QED) is 0.446. The van der Waals surface area contributed by atoms with E-state index in [1.165, 1.54) is 0 Å². The van der Waals surface area contributed by atoms with E-state index in [-0.39, 0.29) is 21.2 Å². The molecule has 0 fully saturated rings. The Labute approximate surface area is 88.6 Å². The number of rotatable bonds is 0. The second-order valence-corrected chi connectivity index (χ2v) is 6.59. The molecular formula is C12H10I-. The number of benzene rings is 1. The maximum atomic E-state index is 2.39. The molecule has 1 aromatic carbocycles. The third-order valence-electron chi connectivity index (χ3n) is 2.58. The summed E-state index contributed by atoms with van der Waals surface area (Å²) in [5.41, 5.74) is 1.58. The fourth-order valence-electron chi connectivity index (χ4n) is 1.94. The van der Waals surface area contributed by atoms with E-state index in [0.29, 0.717) is 5.92 Å². The van der Waals surface area contributed by atoms with Gasteiger partial charge in [0, 0.05) is 0 Å². The van der Waals surface area contributed by atoms with Crippen LogP contribution < -0.4 is 21.2 Å². The van der Waals surface area contributed by atoms with E-state index in [9.17, 15) is 0 Å². The first kappa shape index (κ1) is 7.80. The van der Waals surface area contributed by atoms with Gasteiger partial charge in [0.05, 0.1) is 0 Å². The van der Waals surface area contributed by atoms with Gasteiger partial charge in [-0.1, -0.05) is 0 Å². The van der Waals surface area contributed by atoms with Gasteiger partial charge in [0.25, 0.3) is 0 Å². The van der Waals surface area contributed by atoms with E-state index in [0.717, 1.165) is 3.92 Å². The first-order chi connectivity index (χ1) is 6.45. The molecule has 2 unspecified atom stereocenters. The summed E-state index contributed by atoms with van der Waals surface area (Å²) in [4.78, 5) is 0. The van der Waals surface area contributed by atoms with Crippen LogP contribution in [0.15, 0.2) is 48.6 Å². The Bertz CT molecular complexity index is 390. The van der Waals surface area contributed by atoms with Crippen LogP contribution in [0.4, 0.5) is 0 Å². The van der Waals surface area contributed by atoms with Gasteiger partial charge < -0.3 is 0 Å². The van der Waals surface area contributed by atoms with Crippen molar-refractivity contribution in [3.63, 3.8) is 0 Å². The summed E-state index contributed by atoms with van der Waals surface area (Å²) in [6, 6.07) is 8.94. The van der Waals surface area contributed by atoms with Crippen LogP contribution in [0.25, 0.3) is 0 Å². The van der Waals surface area contributed by atoms with Crippen molar-refractivity contribution in [1.82, 2.24) is 0 Å². The van der Waals surface area contributed by atoms with Crippen molar-refractivity contribution in [1.29, 1.82) is 0 Å². The third kappa shape index (κ3) is 1.17. The Balaban J connectivity index is 2.12. The molecule has 0 aromatic heterocycles. The van der Waals surface area contributed by atoms with Gasteiger partial charge in [-0.05, 0) is 0 Å². The van der Waals surface area contributed by atoms with Crippen molar-refractivity contribution in [2.45, 2.75) is 9.84 Å². The summed E-state index contributed by atoms with van der Waals surface area (Å²) in [7, 11) is 0. The van der Waals surface area contributed by atoms with E-state index in [1.807, 2.05) is 0 Å². The van der Waals surface area contributed by atoms with Crippen LogP contribution in [0.5, 0.6) is 0 Å². The fourth-order valence-corrected chi connectivity index (χ4v) is 5.49. The number of fused-ring (bicyclic) bond motifs is 3. The molecule has 0 spiro atoms. The van der Waals surface area contributed by atoms with Crippen molar-refractivity contribution in [2.24, 2.45) is 0 Å². The Morgan fingerprint density at radius 1 is 1.00 bits per heavy atom. The SMILES string of the molecule is C1=CC2[I-]c3ccccc3C2C=C1. The van der Waals surface area contributed by atoms with Crippen LogP contribution in [0.3, 0.4) is 0 Å². The molecule has 1 heterocycles. The van der Waals surface area contributed by atoms with Gasteiger partial charge in [-0.25, -0.2) is 0 Å². The zero-order valence-electron chi connectivity index (χ0n) is 7.15. The molecule has 1 heteroatoms. The molecule has 0 saturated carbocycles. The molecule has 0 bridgehead atoms.